The van der Waals surface area contributed by atoms with Crippen LogP contribution in [0.1, 0.15) is 39.2 Å². The van der Waals surface area contributed by atoms with Crippen molar-refractivity contribution in [1.82, 2.24) is 0 Å². The Morgan fingerprint density at radius 1 is 1.17 bits per heavy atom. The van der Waals surface area contributed by atoms with E-state index in [-0.39, 0.29) is 0 Å². The fourth-order valence-electron chi connectivity index (χ4n) is 1.52. The molecule has 0 heterocycles. The van der Waals surface area contributed by atoms with Gasteiger partial charge in [0.25, 0.3) is 0 Å². The van der Waals surface area contributed by atoms with E-state index in [1.165, 1.54) is 11.1 Å². The smallest absolute Gasteiger partial charge is 0.00673 e. The Morgan fingerprint density at radius 3 is 2.22 bits per heavy atom. The van der Waals surface area contributed by atoms with Crippen LogP contribution in [0, 0.1) is 0 Å². The van der Waals surface area contributed by atoms with Crippen LogP contribution in [-0.4, -0.2) is 0 Å². The molecule has 0 aliphatic heterocycles. The molecule has 0 fully saturated rings. The average molecular weight is 242 g/mol. The molecule has 18 heavy (non-hydrogen) atoms. The molecule has 0 aliphatic rings. The van der Waals surface area contributed by atoms with Crippen LogP contribution in [0.15, 0.2) is 66.8 Å². The molecule has 0 aromatic heterocycles. The molecule has 0 unspecified atom stereocenters. The molecule has 98 valence electrons. The molecule has 0 heteroatoms. The third-order valence-corrected chi connectivity index (χ3v) is 2.67. The van der Waals surface area contributed by atoms with Gasteiger partial charge in [-0.05, 0) is 38.7 Å². The molecular formula is C18H26. The van der Waals surface area contributed by atoms with Crippen molar-refractivity contribution in [3.8, 4) is 0 Å². The van der Waals surface area contributed by atoms with Crippen LogP contribution in [0.5, 0.6) is 0 Å². The van der Waals surface area contributed by atoms with E-state index in [0.29, 0.717) is 0 Å². The number of rotatable bonds is 5. The zero-order valence-corrected chi connectivity index (χ0v) is 12.0. The highest BCUT2D eigenvalue weighted by Gasteiger charge is 1.94. The molecule has 1 aromatic rings. The predicted molar refractivity (Wildman–Crippen MR) is 83.8 cm³/mol. The summed E-state index contributed by atoms with van der Waals surface area (Å²) in [6.07, 6.45) is 11.4. The lowest BCUT2D eigenvalue weighted by atomic mass is 10.0. The Hall–Kier alpha value is -1.56. The third kappa shape index (κ3) is 8.58. The van der Waals surface area contributed by atoms with Crippen molar-refractivity contribution in [3.05, 3.63) is 72.4 Å². The maximum atomic E-state index is 3.55. The van der Waals surface area contributed by atoms with Crippen LogP contribution in [0.2, 0.25) is 0 Å². The van der Waals surface area contributed by atoms with E-state index in [0.717, 1.165) is 19.3 Å². The van der Waals surface area contributed by atoms with Crippen LogP contribution < -0.4 is 0 Å². The van der Waals surface area contributed by atoms with Gasteiger partial charge in [-0.1, -0.05) is 67.1 Å². The van der Waals surface area contributed by atoms with Crippen molar-refractivity contribution < 1.29 is 0 Å². The Morgan fingerprint density at radius 2 is 1.83 bits per heavy atom. The molecule has 0 saturated carbocycles. The zero-order valence-electron chi connectivity index (χ0n) is 12.0. The van der Waals surface area contributed by atoms with Gasteiger partial charge >= 0.3 is 0 Å². The summed E-state index contributed by atoms with van der Waals surface area (Å²) in [5.74, 6) is 0. The molecule has 1 aromatic carbocycles. The van der Waals surface area contributed by atoms with E-state index < -0.39 is 0 Å². The highest BCUT2D eigenvalue weighted by atomic mass is 14.0. The Kier molecular flexibility index (Phi) is 10.9. The van der Waals surface area contributed by atoms with E-state index >= 15 is 0 Å². The van der Waals surface area contributed by atoms with Gasteiger partial charge in [0.15, 0.2) is 0 Å². The Labute approximate surface area is 113 Å². The molecule has 0 spiro atoms. The van der Waals surface area contributed by atoms with E-state index in [9.17, 15) is 0 Å². The molecule has 1 rings (SSSR count). The van der Waals surface area contributed by atoms with Crippen molar-refractivity contribution in [2.45, 2.75) is 40.0 Å². The predicted octanol–water partition coefficient (Wildman–Crippen LogP) is 5.72. The van der Waals surface area contributed by atoms with Crippen LogP contribution in [0.4, 0.5) is 0 Å². The van der Waals surface area contributed by atoms with Crippen molar-refractivity contribution in [1.29, 1.82) is 0 Å². The SMILES string of the molecule is C/C=C(\CC)Cc1ccccc1.C=CC/C=C\C. The second-order valence-electron chi connectivity index (χ2n) is 4.06. The number of allylic oxidation sites excluding steroid dienone is 5. The molecular weight excluding hydrogens is 216 g/mol. The lowest BCUT2D eigenvalue weighted by Crippen LogP contribution is -1.87. The van der Waals surface area contributed by atoms with Crippen molar-refractivity contribution >= 4 is 0 Å². The lowest BCUT2D eigenvalue weighted by molar-refractivity contribution is 0.998. The molecule has 0 N–H and O–H groups in total. The van der Waals surface area contributed by atoms with Gasteiger partial charge in [0.1, 0.15) is 0 Å². The average Bonchev–Trinajstić information content (AvgIpc) is 2.44. The monoisotopic (exact) mass is 242 g/mol. The summed E-state index contributed by atoms with van der Waals surface area (Å²) in [5.41, 5.74) is 2.92. The summed E-state index contributed by atoms with van der Waals surface area (Å²) in [6, 6.07) is 10.6. The minimum atomic E-state index is 0.997. The molecule has 0 aliphatic carbocycles. The minimum Gasteiger partial charge on any atom is -0.103 e. The molecule has 0 radical (unpaired) electrons. The Balaban J connectivity index is 0.000000411. The molecule has 0 amide bonds. The molecule has 0 nitrogen and oxygen atoms in total. The number of hydrogen-bond donors (Lipinski definition) is 0. The van der Waals surface area contributed by atoms with Crippen LogP contribution >= 0.6 is 0 Å². The lowest BCUT2D eigenvalue weighted by Gasteiger charge is -2.02. The van der Waals surface area contributed by atoms with Gasteiger partial charge in [-0.15, -0.1) is 6.58 Å². The fraction of sp³-hybridized carbons (Fsp3) is 0.333. The second kappa shape index (κ2) is 11.9. The van der Waals surface area contributed by atoms with Crippen molar-refractivity contribution in [2.24, 2.45) is 0 Å². The van der Waals surface area contributed by atoms with Gasteiger partial charge in [0, 0.05) is 0 Å². The largest absolute Gasteiger partial charge is 0.103 e. The van der Waals surface area contributed by atoms with Gasteiger partial charge in [-0.25, -0.2) is 0 Å². The first kappa shape index (κ1) is 16.4. The van der Waals surface area contributed by atoms with Crippen molar-refractivity contribution in [2.75, 3.05) is 0 Å². The van der Waals surface area contributed by atoms with E-state index in [1.807, 2.05) is 19.1 Å². The van der Waals surface area contributed by atoms with Crippen LogP contribution in [-0.2, 0) is 6.42 Å². The number of benzene rings is 1. The maximum absolute atomic E-state index is 3.55. The Bertz CT molecular complexity index is 355. The van der Waals surface area contributed by atoms with E-state index in [1.54, 1.807) is 0 Å². The summed E-state index contributed by atoms with van der Waals surface area (Å²) in [6.45, 7) is 9.87. The van der Waals surface area contributed by atoms with Crippen LogP contribution in [0.25, 0.3) is 0 Å². The summed E-state index contributed by atoms with van der Waals surface area (Å²) in [5, 5.41) is 0. The molecule has 0 saturated heterocycles. The fourth-order valence-corrected chi connectivity index (χ4v) is 1.52. The van der Waals surface area contributed by atoms with Gasteiger partial charge in [0.05, 0.1) is 0 Å². The quantitative estimate of drug-likeness (QED) is 0.579. The van der Waals surface area contributed by atoms with E-state index in [4.69, 9.17) is 0 Å². The summed E-state index contributed by atoms with van der Waals surface area (Å²) < 4.78 is 0. The summed E-state index contributed by atoms with van der Waals surface area (Å²) in [4.78, 5) is 0. The zero-order chi connectivity index (χ0) is 13.6. The molecule has 0 atom stereocenters. The third-order valence-electron chi connectivity index (χ3n) is 2.67. The highest BCUT2D eigenvalue weighted by molar-refractivity contribution is 5.21. The van der Waals surface area contributed by atoms with Crippen LogP contribution in [0.3, 0.4) is 0 Å². The first-order valence-corrected chi connectivity index (χ1v) is 6.68. The van der Waals surface area contributed by atoms with Gasteiger partial charge in [-0.3, -0.25) is 0 Å². The maximum Gasteiger partial charge on any atom is -0.00673 e. The van der Waals surface area contributed by atoms with Gasteiger partial charge in [-0.2, -0.15) is 0 Å². The summed E-state index contributed by atoms with van der Waals surface area (Å²) in [7, 11) is 0. The van der Waals surface area contributed by atoms with Gasteiger partial charge in [0.2, 0.25) is 0 Å². The van der Waals surface area contributed by atoms with Crippen molar-refractivity contribution in [3.63, 3.8) is 0 Å². The molecule has 0 bridgehead atoms. The standard InChI is InChI=1S/C12H16.C6H10/c1-3-11(4-2)10-12-8-6-5-7-9-12;1-3-5-6-4-2/h3,5-9H,4,10H2,1-2H3;3-4,6H,1,5H2,2H3/b11-3+;6-4-. The summed E-state index contributed by atoms with van der Waals surface area (Å²) >= 11 is 0. The first-order valence-electron chi connectivity index (χ1n) is 6.68. The van der Waals surface area contributed by atoms with E-state index in [2.05, 4.69) is 62.9 Å². The number of hydrogen-bond acceptors (Lipinski definition) is 0. The van der Waals surface area contributed by atoms with Gasteiger partial charge < -0.3 is 0 Å². The second-order valence-corrected chi connectivity index (χ2v) is 4.06. The normalized spacial score (nSPS) is 10.9. The first-order chi connectivity index (χ1) is 8.78. The topological polar surface area (TPSA) is 0 Å². The minimum absolute atomic E-state index is 0.997. The highest BCUT2D eigenvalue weighted by Crippen LogP contribution is 2.10.